The van der Waals surface area contributed by atoms with Crippen LogP contribution in [0.5, 0.6) is 0 Å². The molecule has 2 heterocycles. The van der Waals surface area contributed by atoms with Crippen LogP contribution in [0.3, 0.4) is 0 Å². The molecular weight excluding hydrogens is 172 g/mol. The Morgan fingerprint density at radius 2 is 2.31 bits per heavy atom. The van der Waals surface area contributed by atoms with E-state index in [1.807, 2.05) is 0 Å². The van der Waals surface area contributed by atoms with E-state index in [0.717, 1.165) is 5.76 Å². The third-order valence-electron chi connectivity index (χ3n) is 1.47. The highest BCUT2D eigenvalue weighted by Crippen LogP contribution is 1.95. The topological polar surface area (TPSA) is 77.0 Å². The van der Waals surface area contributed by atoms with Crippen LogP contribution in [0.4, 0.5) is 0 Å². The molecule has 0 bridgehead atoms. The van der Waals surface area contributed by atoms with Crippen LogP contribution in [-0.4, -0.2) is 15.1 Å². The summed E-state index contributed by atoms with van der Waals surface area (Å²) in [7, 11) is 0. The van der Waals surface area contributed by atoms with Gasteiger partial charge >= 0.3 is 0 Å². The van der Waals surface area contributed by atoms with Gasteiger partial charge in [0.25, 0.3) is 0 Å². The molecule has 6 heteroatoms. The van der Waals surface area contributed by atoms with Gasteiger partial charge in [0.15, 0.2) is 12.2 Å². The molecule has 0 aromatic carbocycles. The molecule has 0 saturated carbocycles. The highest BCUT2D eigenvalue weighted by molar-refractivity contribution is 4.88. The van der Waals surface area contributed by atoms with Crippen molar-refractivity contribution in [3.8, 4) is 0 Å². The first-order chi connectivity index (χ1) is 6.45. The Balaban J connectivity index is 1.76. The number of oxazole rings is 1. The third kappa shape index (κ3) is 2.12. The average Bonchev–Trinajstić information content (AvgIpc) is 2.75. The molecule has 0 aliphatic carbocycles. The van der Waals surface area contributed by atoms with E-state index in [-0.39, 0.29) is 0 Å². The zero-order chi connectivity index (χ0) is 8.93. The fourth-order valence-corrected chi connectivity index (χ4v) is 0.897. The zero-order valence-corrected chi connectivity index (χ0v) is 6.80. The molecule has 68 valence electrons. The molecule has 0 radical (unpaired) electrons. The molecule has 2 aromatic rings. The van der Waals surface area contributed by atoms with E-state index in [2.05, 4.69) is 25.0 Å². The first kappa shape index (κ1) is 7.93. The number of nitrogens with zero attached hydrogens (tertiary/aromatic N) is 3. The maximum atomic E-state index is 5.02. The molecule has 0 unspecified atom stereocenters. The molecule has 6 nitrogen and oxygen atoms in total. The van der Waals surface area contributed by atoms with E-state index < -0.39 is 0 Å². The first-order valence-electron chi connectivity index (χ1n) is 3.78. The second kappa shape index (κ2) is 3.81. The van der Waals surface area contributed by atoms with Gasteiger partial charge in [0, 0.05) is 0 Å². The minimum absolute atomic E-state index is 0.553. The van der Waals surface area contributed by atoms with Crippen molar-refractivity contribution in [1.29, 1.82) is 0 Å². The zero-order valence-electron chi connectivity index (χ0n) is 6.80. The number of rotatable bonds is 4. The van der Waals surface area contributed by atoms with Gasteiger partial charge in [-0.2, -0.15) is 4.98 Å². The lowest BCUT2D eigenvalue weighted by atomic mass is 10.5. The maximum Gasteiger partial charge on any atom is 0.213 e. The lowest BCUT2D eigenvalue weighted by molar-refractivity contribution is 0.405. The standard InChI is InChI=1S/C7H8N4O2/c1(6-2-9-4-12-6)8-3-7-10-5-13-11-7/h2,4-5,8H,1,3H2. The van der Waals surface area contributed by atoms with Crippen molar-refractivity contribution in [1.82, 2.24) is 20.4 Å². The predicted molar refractivity (Wildman–Crippen MR) is 41.3 cm³/mol. The number of hydrogen-bond acceptors (Lipinski definition) is 6. The Hall–Kier alpha value is -1.69. The van der Waals surface area contributed by atoms with Gasteiger partial charge in [-0.25, -0.2) is 4.98 Å². The van der Waals surface area contributed by atoms with Crippen molar-refractivity contribution in [2.75, 3.05) is 0 Å². The van der Waals surface area contributed by atoms with Crippen LogP contribution in [0.1, 0.15) is 11.6 Å². The van der Waals surface area contributed by atoms with E-state index in [0.29, 0.717) is 18.9 Å². The predicted octanol–water partition coefficient (Wildman–Crippen LogP) is 0.347. The van der Waals surface area contributed by atoms with Crippen LogP contribution >= 0.6 is 0 Å². The van der Waals surface area contributed by atoms with E-state index in [1.165, 1.54) is 12.8 Å². The Morgan fingerprint density at radius 1 is 1.31 bits per heavy atom. The Labute approximate surface area is 74.0 Å². The number of nitrogens with one attached hydrogen (secondary N) is 1. The van der Waals surface area contributed by atoms with Gasteiger partial charge in [-0.05, 0) is 0 Å². The van der Waals surface area contributed by atoms with Crippen LogP contribution in [0, 0.1) is 0 Å². The molecule has 13 heavy (non-hydrogen) atoms. The molecule has 2 rings (SSSR count). The normalized spacial score (nSPS) is 10.5. The molecule has 0 aliphatic rings. The summed E-state index contributed by atoms with van der Waals surface area (Å²) in [5, 5.41) is 6.71. The van der Waals surface area contributed by atoms with Crippen molar-refractivity contribution in [3.05, 3.63) is 30.6 Å². The molecule has 0 saturated heterocycles. The molecular formula is C7H8N4O2. The van der Waals surface area contributed by atoms with Crippen LogP contribution in [-0.2, 0) is 13.1 Å². The van der Waals surface area contributed by atoms with Crippen LogP contribution < -0.4 is 5.32 Å². The van der Waals surface area contributed by atoms with E-state index >= 15 is 0 Å². The Kier molecular flexibility index (Phi) is 2.33. The molecule has 1 N–H and O–H groups in total. The summed E-state index contributed by atoms with van der Waals surface area (Å²) in [5.41, 5.74) is 0. The van der Waals surface area contributed by atoms with Crippen molar-refractivity contribution < 1.29 is 8.94 Å². The number of aromatic nitrogens is 3. The monoisotopic (exact) mass is 180 g/mol. The second-order valence-electron chi connectivity index (χ2n) is 2.42. The minimum atomic E-state index is 0.553. The van der Waals surface area contributed by atoms with Crippen LogP contribution in [0.25, 0.3) is 0 Å². The van der Waals surface area contributed by atoms with Gasteiger partial charge in [-0.15, -0.1) is 0 Å². The Bertz CT molecular complexity index is 295. The lowest BCUT2D eigenvalue weighted by Crippen LogP contribution is -2.13. The molecule has 0 atom stereocenters. The van der Waals surface area contributed by atoms with Crippen LogP contribution in [0.2, 0.25) is 0 Å². The maximum absolute atomic E-state index is 5.02. The van der Waals surface area contributed by atoms with E-state index in [4.69, 9.17) is 4.42 Å². The lowest BCUT2D eigenvalue weighted by Gasteiger charge is -1.96. The fraction of sp³-hybridized carbons (Fsp3) is 0.286. The Morgan fingerprint density at radius 3 is 3.00 bits per heavy atom. The fourth-order valence-electron chi connectivity index (χ4n) is 0.897. The van der Waals surface area contributed by atoms with Crippen molar-refractivity contribution in [2.45, 2.75) is 13.1 Å². The third-order valence-corrected chi connectivity index (χ3v) is 1.47. The summed E-state index contributed by atoms with van der Waals surface area (Å²) >= 11 is 0. The minimum Gasteiger partial charge on any atom is -0.447 e. The van der Waals surface area contributed by atoms with Crippen molar-refractivity contribution in [3.63, 3.8) is 0 Å². The highest BCUT2D eigenvalue weighted by Gasteiger charge is 1.99. The largest absolute Gasteiger partial charge is 0.447 e. The summed E-state index contributed by atoms with van der Waals surface area (Å²) in [4.78, 5) is 7.63. The summed E-state index contributed by atoms with van der Waals surface area (Å²) in [5.74, 6) is 1.41. The molecule has 0 amide bonds. The molecule has 0 fully saturated rings. The highest BCUT2D eigenvalue weighted by atomic mass is 16.5. The quantitative estimate of drug-likeness (QED) is 0.731. The summed E-state index contributed by atoms with van der Waals surface area (Å²) < 4.78 is 9.58. The number of hydrogen-bond donors (Lipinski definition) is 1. The summed E-state index contributed by atoms with van der Waals surface area (Å²) in [6.07, 6.45) is 4.35. The van der Waals surface area contributed by atoms with Gasteiger partial charge in [-0.1, -0.05) is 5.16 Å². The molecule has 0 aliphatic heterocycles. The van der Waals surface area contributed by atoms with Gasteiger partial charge in [-0.3, -0.25) is 0 Å². The van der Waals surface area contributed by atoms with E-state index in [1.54, 1.807) is 6.20 Å². The molecule has 2 aromatic heterocycles. The van der Waals surface area contributed by atoms with Gasteiger partial charge in [0.05, 0.1) is 19.3 Å². The van der Waals surface area contributed by atoms with Crippen molar-refractivity contribution >= 4 is 0 Å². The van der Waals surface area contributed by atoms with Gasteiger partial charge in [0.1, 0.15) is 5.76 Å². The van der Waals surface area contributed by atoms with Gasteiger partial charge in [0.2, 0.25) is 6.39 Å². The smallest absolute Gasteiger partial charge is 0.213 e. The first-order valence-corrected chi connectivity index (χ1v) is 3.78. The second-order valence-corrected chi connectivity index (χ2v) is 2.42. The molecule has 0 spiro atoms. The van der Waals surface area contributed by atoms with E-state index in [9.17, 15) is 0 Å². The van der Waals surface area contributed by atoms with Gasteiger partial charge < -0.3 is 14.3 Å². The summed E-state index contributed by atoms with van der Waals surface area (Å²) in [6.45, 7) is 1.16. The van der Waals surface area contributed by atoms with Crippen LogP contribution in [0.15, 0.2) is 27.9 Å². The SMILES string of the molecule is c1nc(CNCc2cnco2)no1. The summed E-state index contributed by atoms with van der Waals surface area (Å²) in [6, 6.07) is 0. The average molecular weight is 180 g/mol. The van der Waals surface area contributed by atoms with Crippen molar-refractivity contribution in [2.24, 2.45) is 0 Å².